The van der Waals surface area contributed by atoms with Crippen LogP contribution in [0.3, 0.4) is 0 Å². The van der Waals surface area contributed by atoms with Gasteiger partial charge in [0.15, 0.2) is 0 Å². The molecule has 4 heteroatoms. The quantitative estimate of drug-likeness (QED) is 0.856. The molecule has 0 heterocycles. The van der Waals surface area contributed by atoms with E-state index in [1.54, 1.807) is 6.07 Å². The molecule has 0 aromatic heterocycles. The van der Waals surface area contributed by atoms with Crippen LogP contribution >= 0.6 is 11.6 Å². The zero-order chi connectivity index (χ0) is 11.8. The van der Waals surface area contributed by atoms with Gasteiger partial charge < -0.3 is 5.32 Å². The number of amides is 1. The molecule has 0 saturated heterocycles. The van der Waals surface area contributed by atoms with E-state index in [9.17, 15) is 4.79 Å². The third-order valence-corrected chi connectivity index (χ3v) is 3.17. The zero-order valence-corrected chi connectivity index (χ0v) is 9.64. The topological polar surface area (TPSA) is 52.9 Å². The molecule has 0 unspecified atom stereocenters. The molecule has 1 N–H and O–H groups in total. The highest BCUT2D eigenvalue weighted by molar-refractivity contribution is 6.34. The molecule has 0 aliphatic heterocycles. The highest BCUT2D eigenvalue weighted by Crippen LogP contribution is 2.46. The number of carbonyl (C=O) groups is 1. The molecule has 0 atom stereocenters. The average Bonchev–Trinajstić information content (AvgIpc) is 3.04. The van der Waals surface area contributed by atoms with E-state index in [0.29, 0.717) is 23.6 Å². The standard InChI is InChI=1S/C12H11ClN2O/c1-8-3-2-4-9(13)10(8)15-11(16)12(7-14)5-6-12/h2-4H,5-6H2,1H3,(H,15,16). The van der Waals surface area contributed by atoms with Crippen molar-refractivity contribution in [2.45, 2.75) is 19.8 Å². The molecule has 82 valence electrons. The highest BCUT2D eigenvalue weighted by Gasteiger charge is 2.50. The largest absolute Gasteiger partial charge is 0.323 e. The molecular formula is C12H11ClN2O. The first-order chi connectivity index (χ1) is 7.59. The predicted octanol–water partition coefficient (Wildman–Crippen LogP) is 2.89. The van der Waals surface area contributed by atoms with Crippen LogP contribution in [0, 0.1) is 23.7 Å². The van der Waals surface area contributed by atoms with E-state index < -0.39 is 5.41 Å². The number of nitrogens with zero attached hydrogens (tertiary/aromatic N) is 1. The Morgan fingerprint density at radius 2 is 2.25 bits per heavy atom. The van der Waals surface area contributed by atoms with Gasteiger partial charge in [-0.05, 0) is 31.4 Å². The van der Waals surface area contributed by atoms with Crippen LogP contribution in [0.2, 0.25) is 5.02 Å². The number of nitriles is 1. The van der Waals surface area contributed by atoms with E-state index in [1.807, 2.05) is 19.1 Å². The Morgan fingerprint density at radius 3 is 2.75 bits per heavy atom. The molecule has 16 heavy (non-hydrogen) atoms. The SMILES string of the molecule is Cc1cccc(Cl)c1NC(=O)C1(C#N)CC1. The number of hydrogen-bond acceptors (Lipinski definition) is 2. The van der Waals surface area contributed by atoms with Crippen LogP contribution in [0.5, 0.6) is 0 Å². The number of para-hydroxylation sites is 1. The summed E-state index contributed by atoms with van der Waals surface area (Å²) in [6.45, 7) is 1.87. The van der Waals surface area contributed by atoms with Gasteiger partial charge in [-0.15, -0.1) is 0 Å². The van der Waals surface area contributed by atoms with Gasteiger partial charge in [0.2, 0.25) is 5.91 Å². The summed E-state index contributed by atoms with van der Waals surface area (Å²) in [5.74, 6) is -0.244. The summed E-state index contributed by atoms with van der Waals surface area (Å²) >= 11 is 5.99. The van der Waals surface area contributed by atoms with Gasteiger partial charge in [0.25, 0.3) is 0 Å². The lowest BCUT2D eigenvalue weighted by molar-refractivity contribution is -0.119. The maximum Gasteiger partial charge on any atom is 0.244 e. The number of nitrogens with one attached hydrogen (secondary N) is 1. The normalized spacial score (nSPS) is 16.3. The van der Waals surface area contributed by atoms with Crippen molar-refractivity contribution in [1.82, 2.24) is 0 Å². The van der Waals surface area contributed by atoms with Gasteiger partial charge in [-0.3, -0.25) is 4.79 Å². The Hall–Kier alpha value is -1.53. The third kappa shape index (κ3) is 1.77. The molecule has 1 aliphatic carbocycles. The number of carbonyl (C=O) groups excluding carboxylic acids is 1. The van der Waals surface area contributed by atoms with Crippen molar-refractivity contribution in [1.29, 1.82) is 5.26 Å². The lowest BCUT2D eigenvalue weighted by Crippen LogP contribution is -2.23. The Bertz CT molecular complexity index is 466. The Morgan fingerprint density at radius 1 is 1.56 bits per heavy atom. The van der Waals surface area contributed by atoms with Gasteiger partial charge in [-0.25, -0.2) is 0 Å². The van der Waals surface area contributed by atoms with Crippen LogP contribution in [0.1, 0.15) is 18.4 Å². The first-order valence-corrected chi connectivity index (χ1v) is 5.45. The van der Waals surface area contributed by atoms with Crippen LogP contribution in [0.25, 0.3) is 0 Å². The van der Waals surface area contributed by atoms with Crippen molar-refractivity contribution >= 4 is 23.2 Å². The van der Waals surface area contributed by atoms with Crippen LogP contribution < -0.4 is 5.32 Å². The van der Waals surface area contributed by atoms with E-state index in [1.165, 1.54) is 0 Å². The van der Waals surface area contributed by atoms with Gasteiger partial charge in [0.1, 0.15) is 5.41 Å². The fourth-order valence-electron chi connectivity index (χ4n) is 1.54. The number of anilines is 1. The van der Waals surface area contributed by atoms with Crippen molar-refractivity contribution in [2.24, 2.45) is 5.41 Å². The van der Waals surface area contributed by atoms with Crippen LogP contribution in [0.15, 0.2) is 18.2 Å². The van der Waals surface area contributed by atoms with E-state index >= 15 is 0 Å². The minimum absolute atomic E-state index is 0.244. The lowest BCUT2D eigenvalue weighted by atomic mass is 10.1. The molecule has 1 aromatic carbocycles. The van der Waals surface area contributed by atoms with Crippen molar-refractivity contribution in [3.63, 3.8) is 0 Å². The van der Waals surface area contributed by atoms with E-state index in [4.69, 9.17) is 16.9 Å². The van der Waals surface area contributed by atoms with E-state index in [0.717, 1.165) is 5.56 Å². The summed E-state index contributed by atoms with van der Waals surface area (Å²) in [5, 5.41) is 12.1. The number of rotatable bonds is 2. The molecule has 0 bridgehead atoms. The number of aryl methyl sites for hydroxylation is 1. The monoisotopic (exact) mass is 234 g/mol. The number of benzene rings is 1. The minimum atomic E-state index is -0.814. The molecule has 1 amide bonds. The van der Waals surface area contributed by atoms with Crippen LogP contribution in [-0.4, -0.2) is 5.91 Å². The molecule has 0 radical (unpaired) electrons. The van der Waals surface area contributed by atoms with E-state index in [-0.39, 0.29) is 5.91 Å². The van der Waals surface area contributed by atoms with Crippen molar-refractivity contribution < 1.29 is 4.79 Å². The Labute approximate surface area is 99.0 Å². The molecule has 1 aromatic rings. The number of halogens is 1. The second kappa shape index (κ2) is 3.80. The second-order valence-electron chi connectivity index (χ2n) is 4.08. The first-order valence-electron chi connectivity index (χ1n) is 5.07. The predicted molar refractivity (Wildman–Crippen MR) is 62.1 cm³/mol. The maximum atomic E-state index is 11.8. The zero-order valence-electron chi connectivity index (χ0n) is 8.88. The minimum Gasteiger partial charge on any atom is -0.323 e. The summed E-state index contributed by atoms with van der Waals surface area (Å²) < 4.78 is 0. The molecule has 1 saturated carbocycles. The highest BCUT2D eigenvalue weighted by atomic mass is 35.5. The van der Waals surface area contributed by atoms with Crippen molar-refractivity contribution in [3.8, 4) is 6.07 Å². The van der Waals surface area contributed by atoms with Gasteiger partial charge in [0, 0.05) is 0 Å². The molecule has 1 aliphatic rings. The van der Waals surface area contributed by atoms with Gasteiger partial charge >= 0.3 is 0 Å². The Kier molecular flexibility index (Phi) is 2.61. The van der Waals surface area contributed by atoms with Gasteiger partial charge in [-0.1, -0.05) is 23.7 Å². The summed E-state index contributed by atoms with van der Waals surface area (Å²) in [5.41, 5.74) is 0.691. The summed E-state index contributed by atoms with van der Waals surface area (Å²) in [6, 6.07) is 7.47. The second-order valence-corrected chi connectivity index (χ2v) is 4.49. The molecule has 2 rings (SSSR count). The number of hydrogen-bond donors (Lipinski definition) is 1. The maximum absolute atomic E-state index is 11.8. The van der Waals surface area contributed by atoms with E-state index in [2.05, 4.69) is 11.4 Å². The Balaban J connectivity index is 2.23. The average molecular weight is 235 g/mol. The van der Waals surface area contributed by atoms with Crippen molar-refractivity contribution in [2.75, 3.05) is 5.32 Å². The van der Waals surface area contributed by atoms with Crippen LogP contribution in [0.4, 0.5) is 5.69 Å². The molecular weight excluding hydrogens is 224 g/mol. The fraction of sp³-hybridized carbons (Fsp3) is 0.333. The lowest BCUT2D eigenvalue weighted by Gasteiger charge is -2.12. The summed E-state index contributed by atoms with van der Waals surface area (Å²) in [6.07, 6.45) is 1.28. The van der Waals surface area contributed by atoms with Gasteiger partial charge in [-0.2, -0.15) is 5.26 Å². The first kappa shape index (κ1) is 11.0. The van der Waals surface area contributed by atoms with Crippen LogP contribution in [-0.2, 0) is 4.79 Å². The fourth-order valence-corrected chi connectivity index (χ4v) is 1.81. The molecule has 1 fully saturated rings. The summed E-state index contributed by atoms with van der Waals surface area (Å²) in [7, 11) is 0. The van der Waals surface area contributed by atoms with Gasteiger partial charge in [0.05, 0.1) is 16.8 Å². The summed E-state index contributed by atoms with van der Waals surface area (Å²) in [4.78, 5) is 11.8. The third-order valence-electron chi connectivity index (χ3n) is 2.86. The van der Waals surface area contributed by atoms with Crippen molar-refractivity contribution in [3.05, 3.63) is 28.8 Å². The molecule has 0 spiro atoms. The smallest absolute Gasteiger partial charge is 0.244 e. The molecule has 3 nitrogen and oxygen atoms in total.